The summed E-state index contributed by atoms with van der Waals surface area (Å²) in [7, 11) is 0. The number of nitriles is 1. The topological polar surface area (TPSA) is 73.1 Å². The van der Waals surface area contributed by atoms with Gasteiger partial charge in [-0.3, -0.25) is 4.79 Å². The van der Waals surface area contributed by atoms with Gasteiger partial charge in [0, 0.05) is 11.3 Å². The molecule has 0 bridgehead atoms. The second kappa shape index (κ2) is 3.99. The maximum Gasteiger partial charge on any atom is 0.250 e. The van der Waals surface area contributed by atoms with E-state index in [0.717, 1.165) is 4.88 Å². The third kappa shape index (κ3) is 1.79. The minimum absolute atomic E-state index is 0.126. The lowest BCUT2D eigenvalue weighted by Crippen LogP contribution is -2.33. The summed E-state index contributed by atoms with van der Waals surface area (Å²) in [6, 6.07) is 5.35. The monoisotopic (exact) mass is 234 g/mol. The fourth-order valence-electron chi connectivity index (χ4n) is 1.57. The standard InChI is InChI=1S/C11H10N2O2S/c1-6-9(14)4-8(13-11(6)15)10-3-2-7(5-12)16-10/h2-3,8,14H,4H2,1H3,(H,13,15). The average molecular weight is 234 g/mol. The van der Waals surface area contributed by atoms with Crippen LogP contribution in [0.3, 0.4) is 0 Å². The number of nitrogens with one attached hydrogen (secondary N) is 1. The molecule has 0 radical (unpaired) electrons. The lowest BCUT2D eigenvalue weighted by atomic mass is 10.0. The third-order valence-electron chi connectivity index (χ3n) is 2.56. The number of hydrogen-bond donors (Lipinski definition) is 2. The predicted molar refractivity (Wildman–Crippen MR) is 59.9 cm³/mol. The van der Waals surface area contributed by atoms with Crippen LogP contribution in [0, 0.1) is 11.3 Å². The average Bonchev–Trinajstić information content (AvgIpc) is 2.73. The number of nitrogens with zero attached hydrogens (tertiary/aromatic N) is 1. The summed E-state index contributed by atoms with van der Waals surface area (Å²) < 4.78 is 0. The fraction of sp³-hybridized carbons (Fsp3) is 0.273. The molecule has 0 saturated heterocycles. The lowest BCUT2D eigenvalue weighted by Gasteiger charge is -2.23. The molecule has 4 nitrogen and oxygen atoms in total. The van der Waals surface area contributed by atoms with Crippen LogP contribution in [-0.2, 0) is 4.79 Å². The number of aliphatic hydroxyl groups excluding tert-OH is 1. The van der Waals surface area contributed by atoms with Gasteiger partial charge in [0.2, 0.25) is 0 Å². The van der Waals surface area contributed by atoms with Gasteiger partial charge in [-0.05, 0) is 19.1 Å². The molecular weight excluding hydrogens is 224 g/mol. The molecule has 2 heterocycles. The van der Waals surface area contributed by atoms with E-state index in [-0.39, 0.29) is 17.7 Å². The van der Waals surface area contributed by atoms with Crippen LogP contribution in [-0.4, -0.2) is 11.0 Å². The van der Waals surface area contributed by atoms with Crippen molar-refractivity contribution in [2.75, 3.05) is 0 Å². The number of thiophene rings is 1. The Balaban J connectivity index is 2.26. The van der Waals surface area contributed by atoms with Crippen LogP contribution in [0.25, 0.3) is 0 Å². The van der Waals surface area contributed by atoms with E-state index in [1.165, 1.54) is 11.3 Å². The van der Waals surface area contributed by atoms with Crippen LogP contribution in [0.2, 0.25) is 0 Å². The molecule has 1 unspecified atom stereocenters. The number of amides is 1. The summed E-state index contributed by atoms with van der Waals surface area (Å²) in [5, 5.41) is 21.1. The summed E-state index contributed by atoms with van der Waals surface area (Å²) in [5.41, 5.74) is 0.369. The quantitative estimate of drug-likeness (QED) is 0.780. The number of carbonyl (C=O) groups excluding carboxylic acids is 1. The summed E-state index contributed by atoms with van der Waals surface area (Å²) >= 11 is 1.34. The van der Waals surface area contributed by atoms with Gasteiger partial charge in [0.15, 0.2) is 0 Å². The van der Waals surface area contributed by atoms with Crippen molar-refractivity contribution in [3.8, 4) is 6.07 Å². The van der Waals surface area contributed by atoms with Gasteiger partial charge in [-0.25, -0.2) is 0 Å². The van der Waals surface area contributed by atoms with Crippen molar-refractivity contribution in [2.45, 2.75) is 19.4 Å². The molecule has 82 valence electrons. The zero-order chi connectivity index (χ0) is 11.7. The zero-order valence-corrected chi connectivity index (χ0v) is 9.47. The van der Waals surface area contributed by atoms with Gasteiger partial charge in [-0.2, -0.15) is 5.26 Å². The highest BCUT2D eigenvalue weighted by molar-refractivity contribution is 7.12. The first kappa shape index (κ1) is 10.7. The molecule has 1 aromatic heterocycles. The van der Waals surface area contributed by atoms with Gasteiger partial charge >= 0.3 is 0 Å². The van der Waals surface area contributed by atoms with Crippen LogP contribution in [0.5, 0.6) is 0 Å². The van der Waals surface area contributed by atoms with Crippen LogP contribution in [0.1, 0.15) is 29.1 Å². The van der Waals surface area contributed by atoms with Crippen LogP contribution in [0.4, 0.5) is 0 Å². The summed E-state index contributed by atoms with van der Waals surface area (Å²) in [6.07, 6.45) is 0.392. The lowest BCUT2D eigenvalue weighted by molar-refractivity contribution is -0.119. The van der Waals surface area contributed by atoms with Crippen LogP contribution < -0.4 is 5.32 Å². The first-order chi connectivity index (χ1) is 7.61. The zero-order valence-electron chi connectivity index (χ0n) is 8.65. The summed E-state index contributed by atoms with van der Waals surface area (Å²) in [4.78, 5) is 13.0. The largest absolute Gasteiger partial charge is 0.512 e. The van der Waals surface area contributed by atoms with E-state index in [9.17, 15) is 9.90 Å². The van der Waals surface area contributed by atoms with Gasteiger partial charge in [-0.1, -0.05) is 0 Å². The number of hydrogen-bond acceptors (Lipinski definition) is 4. The SMILES string of the molecule is CC1=C(O)CC(c2ccc(C#N)s2)NC1=O. The Labute approximate surface area is 96.8 Å². The molecule has 2 rings (SSSR count). The molecular formula is C11H10N2O2S. The normalized spacial score (nSPS) is 20.5. The van der Waals surface area contributed by atoms with Crippen molar-refractivity contribution in [3.05, 3.63) is 33.2 Å². The van der Waals surface area contributed by atoms with Gasteiger partial charge < -0.3 is 10.4 Å². The van der Waals surface area contributed by atoms with E-state index in [2.05, 4.69) is 5.32 Å². The van der Waals surface area contributed by atoms with Gasteiger partial charge in [0.25, 0.3) is 5.91 Å². The molecule has 1 atom stereocenters. The minimum Gasteiger partial charge on any atom is -0.512 e. The van der Waals surface area contributed by atoms with E-state index in [0.29, 0.717) is 16.9 Å². The predicted octanol–water partition coefficient (Wildman–Crippen LogP) is 2.01. The molecule has 0 spiro atoms. The molecule has 1 aliphatic heterocycles. The van der Waals surface area contributed by atoms with Gasteiger partial charge in [-0.15, -0.1) is 11.3 Å². The summed E-state index contributed by atoms with van der Waals surface area (Å²) in [6.45, 7) is 1.59. The van der Waals surface area contributed by atoms with E-state index in [1.54, 1.807) is 13.0 Å². The number of carbonyl (C=O) groups is 1. The maximum atomic E-state index is 11.5. The van der Waals surface area contributed by atoms with Crippen LogP contribution in [0.15, 0.2) is 23.5 Å². The van der Waals surface area contributed by atoms with Crippen LogP contribution >= 0.6 is 11.3 Å². The highest BCUT2D eigenvalue weighted by Gasteiger charge is 2.26. The molecule has 2 N–H and O–H groups in total. The molecule has 0 aliphatic carbocycles. The van der Waals surface area contributed by atoms with Crippen molar-refractivity contribution in [1.82, 2.24) is 5.32 Å². The molecule has 0 fully saturated rings. The Morgan fingerprint density at radius 3 is 2.94 bits per heavy atom. The van der Waals surface area contributed by atoms with Crippen molar-refractivity contribution in [2.24, 2.45) is 0 Å². The summed E-state index contributed by atoms with van der Waals surface area (Å²) in [5.74, 6) is -0.124. The Morgan fingerprint density at radius 2 is 2.38 bits per heavy atom. The Morgan fingerprint density at radius 1 is 1.62 bits per heavy atom. The highest BCUT2D eigenvalue weighted by Crippen LogP contribution is 2.30. The third-order valence-corrected chi connectivity index (χ3v) is 3.66. The second-order valence-corrected chi connectivity index (χ2v) is 4.73. The minimum atomic E-state index is -0.249. The fourth-order valence-corrected chi connectivity index (χ4v) is 2.42. The van der Waals surface area contributed by atoms with Crippen molar-refractivity contribution >= 4 is 17.2 Å². The van der Waals surface area contributed by atoms with Gasteiger partial charge in [0.1, 0.15) is 16.7 Å². The second-order valence-electron chi connectivity index (χ2n) is 3.62. The van der Waals surface area contributed by atoms with Gasteiger partial charge in [0.05, 0.1) is 11.6 Å². The molecule has 0 aromatic carbocycles. The Kier molecular flexibility index (Phi) is 2.67. The molecule has 16 heavy (non-hydrogen) atoms. The molecule has 0 saturated carbocycles. The first-order valence-corrected chi connectivity index (χ1v) is 5.63. The van der Waals surface area contributed by atoms with Crippen molar-refractivity contribution in [1.29, 1.82) is 5.26 Å². The van der Waals surface area contributed by atoms with Crippen molar-refractivity contribution < 1.29 is 9.90 Å². The van der Waals surface area contributed by atoms with E-state index in [1.807, 2.05) is 12.1 Å². The molecule has 5 heteroatoms. The van der Waals surface area contributed by atoms with Crippen molar-refractivity contribution in [3.63, 3.8) is 0 Å². The molecule has 1 aromatic rings. The molecule has 1 aliphatic rings. The Bertz CT molecular complexity index is 510. The highest BCUT2D eigenvalue weighted by atomic mass is 32.1. The maximum absolute atomic E-state index is 11.5. The number of rotatable bonds is 1. The smallest absolute Gasteiger partial charge is 0.250 e. The Hall–Kier alpha value is -1.80. The molecule has 1 amide bonds. The van der Waals surface area contributed by atoms with E-state index in [4.69, 9.17) is 5.26 Å². The van der Waals surface area contributed by atoms with E-state index < -0.39 is 0 Å². The van der Waals surface area contributed by atoms with E-state index >= 15 is 0 Å². The first-order valence-electron chi connectivity index (χ1n) is 4.81. The number of aliphatic hydroxyl groups is 1.